The fraction of sp³-hybridized carbons (Fsp3) is 0.700. The number of hydrogen-bond acceptors (Lipinski definition) is 3. The summed E-state index contributed by atoms with van der Waals surface area (Å²) in [7, 11) is 0. The normalized spacial score (nSPS) is 14.5. The molecule has 0 rings (SSSR count). The lowest BCUT2D eigenvalue weighted by atomic mass is 10.1. The van der Waals surface area contributed by atoms with E-state index in [1.807, 2.05) is 13.8 Å². The molecule has 0 aliphatic rings. The van der Waals surface area contributed by atoms with Crippen LogP contribution in [0.1, 0.15) is 20.8 Å². The molecule has 0 saturated carbocycles. The van der Waals surface area contributed by atoms with Crippen LogP contribution in [-0.4, -0.2) is 35.4 Å². The summed E-state index contributed by atoms with van der Waals surface area (Å²) in [6.45, 7) is 6.32. The molecule has 0 aromatic carbocycles. The molecule has 14 heavy (non-hydrogen) atoms. The third kappa shape index (κ3) is 5.72. The number of aliphatic hydroxyl groups is 1. The van der Waals surface area contributed by atoms with Crippen molar-refractivity contribution in [2.45, 2.75) is 26.8 Å². The zero-order chi connectivity index (χ0) is 11.1. The van der Waals surface area contributed by atoms with Gasteiger partial charge in [-0.25, -0.2) is 4.79 Å². The molecule has 0 saturated heterocycles. The number of hydrogen-bond donors (Lipinski definition) is 3. The monoisotopic (exact) mass is 201 g/mol. The van der Waals surface area contributed by atoms with E-state index in [4.69, 9.17) is 10.2 Å². The summed E-state index contributed by atoms with van der Waals surface area (Å²) in [5.74, 6) is -0.605. The Bertz CT molecular complexity index is 211. The Kier molecular flexibility index (Phi) is 6.16. The molecule has 0 radical (unpaired) electrons. The summed E-state index contributed by atoms with van der Waals surface area (Å²) in [4.78, 5) is 10.3. The van der Waals surface area contributed by atoms with Crippen molar-refractivity contribution in [1.82, 2.24) is 5.32 Å². The minimum absolute atomic E-state index is 0.0205. The molecular formula is C10H19NO3. The number of carbonyl (C=O) groups is 1. The van der Waals surface area contributed by atoms with Crippen molar-refractivity contribution in [3.05, 3.63) is 11.6 Å². The third-order valence-corrected chi connectivity index (χ3v) is 2.01. The first-order valence-corrected chi connectivity index (χ1v) is 4.71. The maximum absolute atomic E-state index is 10.3. The van der Waals surface area contributed by atoms with Crippen molar-refractivity contribution in [2.24, 2.45) is 5.92 Å². The van der Waals surface area contributed by atoms with Crippen molar-refractivity contribution >= 4 is 5.97 Å². The van der Waals surface area contributed by atoms with Gasteiger partial charge in [-0.2, -0.15) is 0 Å². The predicted octanol–water partition coefficient (Wildman–Crippen LogP) is 0.624. The molecule has 0 amide bonds. The quantitative estimate of drug-likeness (QED) is 0.551. The van der Waals surface area contributed by atoms with E-state index >= 15 is 0 Å². The van der Waals surface area contributed by atoms with E-state index in [-0.39, 0.29) is 12.6 Å². The Morgan fingerprint density at radius 1 is 1.50 bits per heavy atom. The van der Waals surface area contributed by atoms with Gasteiger partial charge in [0.1, 0.15) is 0 Å². The van der Waals surface area contributed by atoms with Gasteiger partial charge in [0.15, 0.2) is 0 Å². The van der Waals surface area contributed by atoms with Gasteiger partial charge < -0.3 is 15.5 Å². The summed E-state index contributed by atoms with van der Waals surface area (Å²) in [6.07, 6.45) is 1.17. The van der Waals surface area contributed by atoms with Crippen LogP contribution in [-0.2, 0) is 4.79 Å². The van der Waals surface area contributed by atoms with Gasteiger partial charge >= 0.3 is 5.97 Å². The molecule has 4 heteroatoms. The lowest BCUT2D eigenvalue weighted by Gasteiger charge is -2.19. The Morgan fingerprint density at radius 2 is 2.07 bits per heavy atom. The molecular weight excluding hydrogens is 182 g/mol. The summed E-state index contributed by atoms with van der Waals surface area (Å²) in [5.41, 5.74) is 0.747. The number of aliphatic hydroxyl groups excluding tert-OH is 1. The van der Waals surface area contributed by atoms with E-state index in [2.05, 4.69) is 5.32 Å². The van der Waals surface area contributed by atoms with Crippen molar-refractivity contribution in [2.75, 3.05) is 13.2 Å². The van der Waals surface area contributed by atoms with E-state index in [0.717, 1.165) is 5.57 Å². The molecule has 0 spiro atoms. The van der Waals surface area contributed by atoms with Crippen molar-refractivity contribution in [3.63, 3.8) is 0 Å². The fourth-order valence-corrected chi connectivity index (χ4v) is 1.06. The van der Waals surface area contributed by atoms with Gasteiger partial charge in [-0.15, -0.1) is 0 Å². The molecule has 3 N–H and O–H groups in total. The molecule has 1 unspecified atom stereocenters. The summed E-state index contributed by atoms with van der Waals surface area (Å²) in [5, 5.41) is 20.5. The van der Waals surface area contributed by atoms with Gasteiger partial charge in [0.25, 0.3) is 0 Å². The van der Waals surface area contributed by atoms with E-state index in [1.165, 1.54) is 6.08 Å². The maximum atomic E-state index is 10.3. The number of rotatable bonds is 6. The first-order chi connectivity index (χ1) is 6.47. The van der Waals surface area contributed by atoms with Gasteiger partial charge in [0, 0.05) is 18.7 Å². The average molecular weight is 201 g/mol. The molecule has 0 heterocycles. The van der Waals surface area contributed by atoms with Crippen molar-refractivity contribution in [3.8, 4) is 0 Å². The summed E-state index contributed by atoms with van der Waals surface area (Å²) >= 11 is 0. The molecule has 0 bridgehead atoms. The molecule has 4 nitrogen and oxygen atoms in total. The Hall–Kier alpha value is -0.870. The highest BCUT2D eigenvalue weighted by Crippen LogP contribution is 2.01. The van der Waals surface area contributed by atoms with Crippen LogP contribution in [0.25, 0.3) is 0 Å². The van der Waals surface area contributed by atoms with Crippen molar-refractivity contribution < 1.29 is 15.0 Å². The van der Waals surface area contributed by atoms with Gasteiger partial charge in [-0.05, 0) is 12.8 Å². The van der Waals surface area contributed by atoms with Crippen LogP contribution in [0.4, 0.5) is 0 Å². The Morgan fingerprint density at radius 3 is 2.43 bits per heavy atom. The van der Waals surface area contributed by atoms with E-state index < -0.39 is 5.97 Å². The first kappa shape index (κ1) is 13.1. The lowest BCUT2D eigenvalue weighted by Crippen LogP contribution is -2.37. The second-order valence-corrected chi connectivity index (χ2v) is 3.74. The van der Waals surface area contributed by atoms with E-state index in [9.17, 15) is 4.79 Å². The van der Waals surface area contributed by atoms with Crippen LogP contribution in [0.15, 0.2) is 11.6 Å². The molecule has 0 aliphatic heterocycles. The van der Waals surface area contributed by atoms with Crippen LogP contribution < -0.4 is 5.32 Å². The smallest absolute Gasteiger partial charge is 0.328 e. The highest BCUT2D eigenvalue weighted by Gasteiger charge is 2.10. The van der Waals surface area contributed by atoms with Gasteiger partial charge in [-0.3, -0.25) is 0 Å². The number of nitrogens with one attached hydrogen (secondary N) is 1. The zero-order valence-corrected chi connectivity index (χ0v) is 8.95. The molecule has 0 aromatic rings. The van der Waals surface area contributed by atoms with Crippen LogP contribution in [0, 0.1) is 5.92 Å². The second kappa shape index (κ2) is 6.56. The largest absolute Gasteiger partial charge is 0.478 e. The number of carboxylic acids is 1. The fourth-order valence-electron chi connectivity index (χ4n) is 1.06. The average Bonchev–Trinajstić information content (AvgIpc) is 2.03. The maximum Gasteiger partial charge on any atom is 0.328 e. The Balaban J connectivity index is 3.97. The minimum atomic E-state index is -0.936. The molecule has 0 aliphatic carbocycles. The topological polar surface area (TPSA) is 69.6 Å². The molecule has 82 valence electrons. The van der Waals surface area contributed by atoms with Crippen LogP contribution in [0.5, 0.6) is 0 Å². The SMILES string of the molecule is CC(=CC(=O)O)CNC(CO)C(C)C. The number of aliphatic carboxylic acids is 1. The Labute approximate surface area is 84.6 Å². The van der Waals surface area contributed by atoms with Gasteiger partial charge in [0.2, 0.25) is 0 Å². The van der Waals surface area contributed by atoms with Gasteiger partial charge in [0.05, 0.1) is 6.61 Å². The van der Waals surface area contributed by atoms with Crippen LogP contribution in [0.2, 0.25) is 0 Å². The summed E-state index contributed by atoms with van der Waals surface area (Å²) < 4.78 is 0. The van der Waals surface area contributed by atoms with E-state index in [1.54, 1.807) is 6.92 Å². The second-order valence-electron chi connectivity index (χ2n) is 3.74. The first-order valence-electron chi connectivity index (χ1n) is 4.71. The lowest BCUT2D eigenvalue weighted by molar-refractivity contribution is -0.131. The highest BCUT2D eigenvalue weighted by molar-refractivity contribution is 5.80. The molecule has 0 aromatic heterocycles. The predicted molar refractivity (Wildman–Crippen MR) is 55.1 cm³/mol. The van der Waals surface area contributed by atoms with Crippen LogP contribution in [0.3, 0.4) is 0 Å². The van der Waals surface area contributed by atoms with Crippen LogP contribution >= 0.6 is 0 Å². The summed E-state index contributed by atoms with van der Waals surface area (Å²) in [6, 6.07) is 0.0205. The van der Waals surface area contributed by atoms with E-state index in [0.29, 0.717) is 12.5 Å². The third-order valence-electron chi connectivity index (χ3n) is 2.01. The standard InChI is InChI=1S/C10H19NO3/c1-7(2)9(6-12)11-5-8(3)4-10(13)14/h4,7,9,11-12H,5-6H2,1-3H3,(H,13,14). The number of carboxylic acid groups (broad SMARTS) is 1. The zero-order valence-electron chi connectivity index (χ0n) is 8.95. The molecule has 1 atom stereocenters. The van der Waals surface area contributed by atoms with Gasteiger partial charge in [-0.1, -0.05) is 19.4 Å². The molecule has 0 fully saturated rings. The van der Waals surface area contributed by atoms with Crippen molar-refractivity contribution in [1.29, 1.82) is 0 Å². The minimum Gasteiger partial charge on any atom is -0.478 e. The highest BCUT2D eigenvalue weighted by atomic mass is 16.4.